The van der Waals surface area contributed by atoms with E-state index in [0.29, 0.717) is 37.9 Å². The summed E-state index contributed by atoms with van der Waals surface area (Å²) < 4.78 is 60.5. The van der Waals surface area contributed by atoms with Crippen LogP contribution in [0.3, 0.4) is 0 Å². The van der Waals surface area contributed by atoms with Crippen LogP contribution in [-0.4, -0.2) is 57.8 Å². The van der Waals surface area contributed by atoms with Gasteiger partial charge in [0.25, 0.3) is 5.91 Å². The Hall–Kier alpha value is -1.94. The third-order valence-corrected chi connectivity index (χ3v) is 5.87. The van der Waals surface area contributed by atoms with Gasteiger partial charge in [-0.2, -0.15) is 8.78 Å². The fraction of sp³-hybridized carbons (Fsp3) is 0.588. The van der Waals surface area contributed by atoms with Crippen LogP contribution in [0.4, 0.5) is 8.78 Å². The van der Waals surface area contributed by atoms with Gasteiger partial charge in [-0.25, -0.2) is 13.1 Å². The Morgan fingerprint density at radius 3 is 2.52 bits per heavy atom. The number of ether oxygens (including phenoxy) is 2. The Morgan fingerprint density at radius 2 is 1.96 bits per heavy atom. The zero-order valence-electron chi connectivity index (χ0n) is 15.3. The molecule has 1 amide bonds. The zero-order chi connectivity index (χ0) is 20.0. The van der Waals surface area contributed by atoms with E-state index in [1.807, 2.05) is 0 Å². The van der Waals surface area contributed by atoms with Crippen molar-refractivity contribution >= 4 is 15.9 Å². The Morgan fingerprint density at radius 1 is 1.30 bits per heavy atom. The maximum Gasteiger partial charge on any atom is 0.387 e. The van der Waals surface area contributed by atoms with E-state index in [1.165, 1.54) is 25.3 Å². The number of hydrogen-bond acceptors (Lipinski definition) is 5. The fourth-order valence-electron chi connectivity index (χ4n) is 2.96. The van der Waals surface area contributed by atoms with E-state index in [9.17, 15) is 22.0 Å². The number of nitrogens with one attached hydrogen (secondary N) is 1. The molecule has 1 aliphatic rings. The van der Waals surface area contributed by atoms with Gasteiger partial charge in [0.15, 0.2) is 11.5 Å². The number of piperidine rings is 1. The normalized spacial score (nSPS) is 15.8. The smallest absolute Gasteiger partial charge is 0.387 e. The molecule has 1 aliphatic heterocycles. The summed E-state index contributed by atoms with van der Waals surface area (Å²) in [6.45, 7) is -0.395. The molecule has 27 heavy (non-hydrogen) atoms. The minimum absolute atomic E-state index is 0.0448. The number of sulfonamides is 1. The molecule has 0 aliphatic carbocycles. The second-order valence-corrected chi connectivity index (χ2v) is 8.12. The van der Waals surface area contributed by atoms with E-state index in [4.69, 9.17) is 4.74 Å². The van der Waals surface area contributed by atoms with Crippen LogP contribution in [0, 0.1) is 0 Å². The van der Waals surface area contributed by atoms with E-state index in [1.54, 1.807) is 11.8 Å². The van der Waals surface area contributed by atoms with Gasteiger partial charge >= 0.3 is 6.61 Å². The predicted octanol–water partition coefficient (Wildman–Crippen LogP) is 2.23. The first-order valence-corrected chi connectivity index (χ1v) is 10.3. The van der Waals surface area contributed by atoms with Gasteiger partial charge in [-0.05, 0) is 37.5 Å². The number of rotatable bonds is 8. The first kappa shape index (κ1) is 21.4. The number of carbonyl (C=O) groups excluding carboxylic acids is 1. The summed E-state index contributed by atoms with van der Waals surface area (Å²) in [6.07, 6.45) is 1.57. The third-order valence-electron chi connectivity index (χ3n) is 4.23. The zero-order valence-corrected chi connectivity index (χ0v) is 16.1. The highest BCUT2D eigenvalue weighted by Crippen LogP contribution is 2.30. The van der Waals surface area contributed by atoms with Gasteiger partial charge in [-0.3, -0.25) is 4.79 Å². The highest BCUT2D eigenvalue weighted by atomic mass is 32.2. The van der Waals surface area contributed by atoms with Crippen molar-refractivity contribution in [3.05, 3.63) is 23.8 Å². The summed E-state index contributed by atoms with van der Waals surface area (Å²) >= 11 is 0. The van der Waals surface area contributed by atoms with Crippen molar-refractivity contribution in [1.82, 2.24) is 9.62 Å². The molecule has 1 N–H and O–H groups in total. The lowest BCUT2D eigenvalue weighted by Gasteiger charge is -2.32. The Bertz CT molecular complexity index is 750. The van der Waals surface area contributed by atoms with Gasteiger partial charge in [-0.1, -0.05) is 6.92 Å². The average molecular weight is 406 g/mol. The lowest BCUT2D eigenvalue weighted by molar-refractivity contribution is -0.0512. The predicted molar refractivity (Wildman–Crippen MR) is 95.8 cm³/mol. The molecule has 1 heterocycles. The number of carbonyl (C=O) groups is 1. The minimum Gasteiger partial charge on any atom is -0.493 e. The SMILES string of the molecule is CCCS(=O)(=O)NC1CCN(C(=O)c2ccc(OC(F)F)c(OC)c2)CC1. The summed E-state index contributed by atoms with van der Waals surface area (Å²) in [7, 11) is -1.99. The summed E-state index contributed by atoms with van der Waals surface area (Å²) in [5.41, 5.74) is 0.290. The molecule has 0 bridgehead atoms. The number of benzene rings is 1. The number of alkyl halides is 2. The first-order valence-electron chi connectivity index (χ1n) is 8.68. The molecule has 1 aromatic rings. The van der Waals surface area contributed by atoms with Crippen molar-refractivity contribution < 1.29 is 31.5 Å². The van der Waals surface area contributed by atoms with Crippen LogP contribution in [0.2, 0.25) is 0 Å². The second kappa shape index (κ2) is 9.32. The van der Waals surface area contributed by atoms with Gasteiger partial charge in [0.05, 0.1) is 12.9 Å². The van der Waals surface area contributed by atoms with E-state index in [-0.39, 0.29) is 29.2 Å². The standard InChI is InChI=1S/C17H24F2N2O5S/c1-3-10-27(23,24)20-13-6-8-21(9-7-13)16(22)12-4-5-14(26-17(18)19)15(11-12)25-2/h4-5,11,13,17,20H,3,6-10H2,1-2H3. The number of nitrogens with zero attached hydrogens (tertiary/aromatic N) is 1. The summed E-state index contributed by atoms with van der Waals surface area (Å²) in [5, 5.41) is 0. The number of amides is 1. The monoisotopic (exact) mass is 406 g/mol. The lowest BCUT2D eigenvalue weighted by Crippen LogP contribution is -2.46. The van der Waals surface area contributed by atoms with Crippen LogP contribution in [0.5, 0.6) is 11.5 Å². The van der Waals surface area contributed by atoms with Gasteiger partial charge in [0.1, 0.15) is 0 Å². The maximum atomic E-state index is 12.6. The minimum atomic E-state index is -3.29. The van der Waals surface area contributed by atoms with E-state index in [0.717, 1.165) is 0 Å². The van der Waals surface area contributed by atoms with Crippen LogP contribution >= 0.6 is 0 Å². The largest absolute Gasteiger partial charge is 0.493 e. The van der Waals surface area contributed by atoms with Crippen molar-refractivity contribution in [3.8, 4) is 11.5 Å². The molecule has 152 valence electrons. The maximum absolute atomic E-state index is 12.6. The van der Waals surface area contributed by atoms with Crippen molar-refractivity contribution in [2.24, 2.45) is 0 Å². The molecule has 1 saturated heterocycles. The van der Waals surface area contributed by atoms with Gasteiger partial charge < -0.3 is 14.4 Å². The molecule has 0 saturated carbocycles. The quantitative estimate of drug-likeness (QED) is 0.716. The summed E-state index contributed by atoms with van der Waals surface area (Å²) in [4.78, 5) is 14.2. The molecule has 10 heteroatoms. The first-order chi connectivity index (χ1) is 12.8. The molecule has 1 aromatic carbocycles. The topological polar surface area (TPSA) is 84.9 Å². The fourth-order valence-corrected chi connectivity index (χ4v) is 4.36. The Balaban J connectivity index is 1.99. The van der Waals surface area contributed by atoms with Gasteiger partial charge in [-0.15, -0.1) is 0 Å². The van der Waals surface area contributed by atoms with Crippen LogP contribution in [-0.2, 0) is 10.0 Å². The van der Waals surface area contributed by atoms with Gasteiger partial charge in [0.2, 0.25) is 10.0 Å². The summed E-state index contributed by atoms with van der Waals surface area (Å²) in [5.74, 6) is -0.290. The molecule has 7 nitrogen and oxygen atoms in total. The molecule has 0 aromatic heterocycles. The third kappa shape index (κ3) is 6.03. The Kier molecular flexibility index (Phi) is 7.37. The highest BCUT2D eigenvalue weighted by Gasteiger charge is 2.26. The van der Waals surface area contributed by atoms with E-state index >= 15 is 0 Å². The van der Waals surface area contributed by atoms with Crippen LogP contribution in [0.15, 0.2) is 18.2 Å². The molecule has 0 unspecified atom stereocenters. The molecule has 0 spiro atoms. The molecular formula is C17H24F2N2O5S. The molecule has 0 radical (unpaired) electrons. The van der Waals surface area contributed by atoms with Crippen LogP contribution in [0.25, 0.3) is 0 Å². The van der Waals surface area contributed by atoms with Crippen molar-refractivity contribution in [2.45, 2.75) is 38.8 Å². The van der Waals surface area contributed by atoms with Crippen LogP contribution < -0.4 is 14.2 Å². The number of methoxy groups -OCH3 is 1. The van der Waals surface area contributed by atoms with Crippen molar-refractivity contribution in [1.29, 1.82) is 0 Å². The van der Waals surface area contributed by atoms with E-state index < -0.39 is 16.6 Å². The number of hydrogen-bond donors (Lipinski definition) is 1. The number of halogens is 2. The van der Waals surface area contributed by atoms with Gasteiger partial charge in [0, 0.05) is 24.7 Å². The average Bonchev–Trinajstić information content (AvgIpc) is 2.61. The van der Waals surface area contributed by atoms with Crippen molar-refractivity contribution in [2.75, 3.05) is 26.0 Å². The molecule has 0 atom stereocenters. The highest BCUT2D eigenvalue weighted by molar-refractivity contribution is 7.89. The molecular weight excluding hydrogens is 382 g/mol. The Labute approximate surface area is 157 Å². The number of likely N-dealkylation sites (tertiary alicyclic amines) is 1. The summed E-state index contributed by atoms with van der Waals surface area (Å²) in [6, 6.07) is 3.83. The van der Waals surface area contributed by atoms with Crippen LogP contribution in [0.1, 0.15) is 36.5 Å². The second-order valence-electron chi connectivity index (χ2n) is 6.25. The van der Waals surface area contributed by atoms with Crippen molar-refractivity contribution in [3.63, 3.8) is 0 Å². The molecule has 2 rings (SSSR count). The molecule has 1 fully saturated rings. The van der Waals surface area contributed by atoms with E-state index in [2.05, 4.69) is 9.46 Å². The lowest BCUT2D eigenvalue weighted by atomic mass is 10.0.